The summed E-state index contributed by atoms with van der Waals surface area (Å²) >= 11 is 10.5. The molecule has 2 aromatic heterocycles. The van der Waals surface area contributed by atoms with Crippen LogP contribution in [0.2, 0.25) is 5.02 Å². The summed E-state index contributed by atoms with van der Waals surface area (Å²) in [5.74, 6) is 0. The van der Waals surface area contributed by atoms with E-state index in [1.54, 1.807) is 11.3 Å². The van der Waals surface area contributed by atoms with E-state index < -0.39 is 0 Å². The summed E-state index contributed by atoms with van der Waals surface area (Å²) in [6, 6.07) is 2.54. The van der Waals surface area contributed by atoms with Gasteiger partial charge in [0.15, 0.2) is 0 Å². The highest BCUT2D eigenvalue weighted by molar-refractivity contribution is 14.1. The molecule has 1 atom stereocenters. The second-order valence-corrected chi connectivity index (χ2v) is 8.05. The third-order valence-electron chi connectivity index (χ3n) is 3.29. The number of aromatic nitrogens is 2. The van der Waals surface area contributed by atoms with Gasteiger partial charge in [-0.05, 0) is 59.5 Å². The van der Waals surface area contributed by atoms with Crippen LogP contribution >= 0.6 is 45.5 Å². The molecule has 0 bridgehead atoms. The van der Waals surface area contributed by atoms with E-state index in [9.17, 15) is 0 Å². The second-order valence-electron chi connectivity index (χ2n) is 4.86. The molecule has 1 unspecified atom stereocenters. The number of rotatable bonds is 6. The zero-order chi connectivity index (χ0) is 14.7. The van der Waals surface area contributed by atoms with Crippen LogP contribution in [0.3, 0.4) is 0 Å². The Morgan fingerprint density at radius 1 is 1.55 bits per heavy atom. The molecule has 0 saturated carbocycles. The van der Waals surface area contributed by atoms with E-state index in [1.807, 2.05) is 18.7 Å². The summed E-state index contributed by atoms with van der Waals surface area (Å²) < 4.78 is 3.21. The summed E-state index contributed by atoms with van der Waals surface area (Å²) in [5, 5.41) is 11.0. The Morgan fingerprint density at radius 3 is 2.80 bits per heavy atom. The lowest BCUT2D eigenvalue weighted by Crippen LogP contribution is -2.24. The minimum absolute atomic E-state index is 0.294. The predicted octanol–water partition coefficient (Wildman–Crippen LogP) is 4.33. The molecular weight excluding hydrogens is 405 g/mol. The highest BCUT2D eigenvalue weighted by Crippen LogP contribution is 2.28. The average molecular weight is 424 g/mol. The van der Waals surface area contributed by atoms with Crippen molar-refractivity contribution < 1.29 is 0 Å². The smallest absolute Gasteiger partial charge is 0.0847 e. The monoisotopic (exact) mass is 423 g/mol. The van der Waals surface area contributed by atoms with Gasteiger partial charge in [0, 0.05) is 19.5 Å². The van der Waals surface area contributed by atoms with Crippen LogP contribution in [0.1, 0.15) is 36.3 Å². The zero-order valence-corrected chi connectivity index (χ0v) is 15.6. The van der Waals surface area contributed by atoms with Crippen molar-refractivity contribution in [3.05, 3.63) is 36.3 Å². The van der Waals surface area contributed by atoms with Gasteiger partial charge in [-0.3, -0.25) is 4.68 Å². The van der Waals surface area contributed by atoms with Crippen LogP contribution < -0.4 is 5.32 Å². The number of aryl methyl sites for hydroxylation is 2. The fourth-order valence-corrected chi connectivity index (χ4v) is 3.89. The lowest BCUT2D eigenvalue weighted by Gasteiger charge is -2.18. The third kappa shape index (κ3) is 3.75. The van der Waals surface area contributed by atoms with E-state index >= 15 is 0 Å². The van der Waals surface area contributed by atoms with E-state index in [0.29, 0.717) is 6.04 Å². The molecule has 2 aromatic rings. The number of halogens is 2. The van der Waals surface area contributed by atoms with E-state index in [4.69, 9.17) is 11.6 Å². The van der Waals surface area contributed by atoms with Crippen molar-refractivity contribution in [1.82, 2.24) is 15.1 Å². The maximum Gasteiger partial charge on any atom is 0.0847 e. The van der Waals surface area contributed by atoms with Crippen molar-refractivity contribution in [3.63, 3.8) is 0 Å². The molecule has 0 aliphatic rings. The van der Waals surface area contributed by atoms with Gasteiger partial charge in [0.1, 0.15) is 0 Å². The molecule has 0 amide bonds. The van der Waals surface area contributed by atoms with Crippen molar-refractivity contribution in [2.75, 3.05) is 6.54 Å². The molecule has 0 fully saturated rings. The summed E-state index contributed by atoms with van der Waals surface area (Å²) in [4.78, 5) is 0. The van der Waals surface area contributed by atoms with E-state index in [-0.39, 0.29) is 0 Å². The SMILES string of the molecule is CCCNC(Cc1c(Cl)c(C)nn1C)c1csc(I)c1. The summed E-state index contributed by atoms with van der Waals surface area (Å²) in [6.07, 6.45) is 1.98. The maximum absolute atomic E-state index is 6.37. The first kappa shape index (κ1) is 16.3. The van der Waals surface area contributed by atoms with Crippen molar-refractivity contribution in [2.24, 2.45) is 7.05 Å². The molecule has 2 rings (SSSR count). The molecule has 3 nitrogen and oxygen atoms in total. The normalized spacial score (nSPS) is 12.8. The number of nitrogens with one attached hydrogen (secondary N) is 1. The zero-order valence-electron chi connectivity index (χ0n) is 11.9. The molecule has 1 N–H and O–H groups in total. The quantitative estimate of drug-likeness (QED) is 0.701. The van der Waals surface area contributed by atoms with Gasteiger partial charge in [0.2, 0.25) is 0 Å². The Balaban J connectivity index is 2.23. The Hall–Kier alpha value is -0.110. The molecule has 0 spiro atoms. The van der Waals surface area contributed by atoms with Crippen molar-refractivity contribution in [2.45, 2.75) is 32.7 Å². The van der Waals surface area contributed by atoms with Gasteiger partial charge >= 0.3 is 0 Å². The van der Waals surface area contributed by atoms with Gasteiger partial charge in [-0.15, -0.1) is 11.3 Å². The first-order chi connectivity index (χ1) is 9.52. The summed E-state index contributed by atoms with van der Waals surface area (Å²) in [5.41, 5.74) is 3.33. The molecule has 2 heterocycles. The molecule has 110 valence electrons. The Labute approximate surface area is 142 Å². The number of hydrogen-bond acceptors (Lipinski definition) is 3. The van der Waals surface area contributed by atoms with Crippen LogP contribution in [0.25, 0.3) is 0 Å². The van der Waals surface area contributed by atoms with Crippen molar-refractivity contribution in [3.8, 4) is 0 Å². The topological polar surface area (TPSA) is 29.9 Å². The largest absolute Gasteiger partial charge is 0.310 e. The highest BCUT2D eigenvalue weighted by Gasteiger charge is 2.19. The van der Waals surface area contributed by atoms with Crippen molar-refractivity contribution >= 4 is 45.5 Å². The lowest BCUT2D eigenvalue weighted by molar-refractivity contribution is 0.513. The molecular formula is C14H19ClIN3S. The number of nitrogens with zero attached hydrogens (tertiary/aromatic N) is 2. The van der Waals surface area contributed by atoms with E-state index in [1.165, 1.54) is 8.45 Å². The standard InChI is InChI=1S/C14H19ClIN3S/c1-4-5-17-11(10-6-13(16)20-8-10)7-12-14(15)9(2)18-19(12)3/h6,8,11,17H,4-5,7H2,1-3H3. The first-order valence-electron chi connectivity index (χ1n) is 6.68. The Morgan fingerprint density at radius 2 is 2.30 bits per heavy atom. The van der Waals surface area contributed by atoms with Crippen LogP contribution in [0.4, 0.5) is 0 Å². The van der Waals surface area contributed by atoms with Gasteiger partial charge in [-0.1, -0.05) is 18.5 Å². The van der Waals surface area contributed by atoms with Gasteiger partial charge in [-0.2, -0.15) is 5.10 Å². The Bertz CT molecular complexity index is 579. The van der Waals surface area contributed by atoms with E-state index in [2.05, 4.69) is 51.4 Å². The molecule has 0 radical (unpaired) electrons. The highest BCUT2D eigenvalue weighted by atomic mass is 127. The average Bonchev–Trinajstić information content (AvgIpc) is 2.93. The number of hydrogen-bond donors (Lipinski definition) is 1. The lowest BCUT2D eigenvalue weighted by atomic mass is 10.0. The van der Waals surface area contributed by atoms with Gasteiger partial charge < -0.3 is 5.32 Å². The minimum Gasteiger partial charge on any atom is -0.310 e. The van der Waals surface area contributed by atoms with Crippen molar-refractivity contribution in [1.29, 1.82) is 0 Å². The fourth-order valence-electron chi connectivity index (χ4n) is 2.23. The molecule has 20 heavy (non-hydrogen) atoms. The molecule has 6 heteroatoms. The maximum atomic E-state index is 6.37. The fraction of sp³-hybridized carbons (Fsp3) is 0.500. The number of thiophene rings is 1. The first-order valence-corrected chi connectivity index (χ1v) is 9.01. The predicted molar refractivity (Wildman–Crippen MR) is 94.7 cm³/mol. The minimum atomic E-state index is 0.294. The second kappa shape index (κ2) is 7.24. The molecule has 0 saturated heterocycles. The van der Waals surface area contributed by atoms with Crippen LogP contribution in [0.5, 0.6) is 0 Å². The summed E-state index contributed by atoms with van der Waals surface area (Å²) in [7, 11) is 1.96. The molecule has 0 aliphatic carbocycles. The van der Waals surface area contributed by atoms with Crippen LogP contribution in [0, 0.1) is 9.81 Å². The van der Waals surface area contributed by atoms with Gasteiger partial charge in [0.25, 0.3) is 0 Å². The van der Waals surface area contributed by atoms with Crippen LogP contribution in [0.15, 0.2) is 11.4 Å². The molecule has 0 aromatic carbocycles. The van der Waals surface area contributed by atoms with Gasteiger partial charge in [0.05, 0.1) is 19.3 Å². The van der Waals surface area contributed by atoms with E-state index in [0.717, 1.165) is 35.8 Å². The van der Waals surface area contributed by atoms with Crippen LogP contribution in [-0.4, -0.2) is 16.3 Å². The van der Waals surface area contributed by atoms with Gasteiger partial charge in [-0.25, -0.2) is 0 Å². The third-order valence-corrected chi connectivity index (χ3v) is 5.59. The summed E-state index contributed by atoms with van der Waals surface area (Å²) in [6.45, 7) is 5.14. The molecule has 0 aliphatic heterocycles. The van der Waals surface area contributed by atoms with Crippen LogP contribution in [-0.2, 0) is 13.5 Å². The Kier molecular flexibility index (Phi) is 5.89.